The highest BCUT2D eigenvalue weighted by Crippen LogP contribution is 2.31. The standard InChI is InChI=1S/C11H13Cl3N2/c1-6(12)5-16-7(2)8-3-9(13)11(15)10(14)4-8/h3-4,7,16H,1,5,15H2,2H3. The number of nitrogens with two attached hydrogens (primary N) is 1. The summed E-state index contributed by atoms with van der Waals surface area (Å²) >= 11 is 17.6. The third-order valence-electron chi connectivity index (χ3n) is 2.20. The summed E-state index contributed by atoms with van der Waals surface area (Å²) < 4.78 is 0. The number of hydrogen-bond acceptors (Lipinski definition) is 2. The lowest BCUT2D eigenvalue weighted by Crippen LogP contribution is -2.19. The maximum absolute atomic E-state index is 5.95. The van der Waals surface area contributed by atoms with Crippen LogP contribution in [-0.4, -0.2) is 6.54 Å². The van der Waals surface area contributed by atoms with Gasteiger partial charge in [-0.3, -0.25) is 0 Å². The molecule has 0 saturated carbocycles. The zero-order valence-electron chi connectivity index (χ0n) is 8.86. The average molecular weight is 280 g/mol. The van der Waals surface area contributed by atoms with Gasteiger partial charge in [-0.25, -0.2) is 0 Å². The van der Waals surface area contributed by atoms with E-state index < -0.39 is 0 Å². The zero-order chi connectivity index (χ0) is 12.3. The highest BCUT2D eigenvalue weighted by molar-refractivity contribution is 6.38. The molecular weight excluding hydrogens is 266 g/mol. The molecule has 5 heteroatoms. The molecule has 3 N–H and O–H groups in total. The van der Waals surface area contributed by atoms with Gasteiger partial charge in [0.2, 0.25) is 0 Å². The van der Waals surface area contributed by atoms with E-state index in [0.717, 1.165) is 5.56 Å². The van der Waals surface area contributed by atoms with Crippen molar-refractivity contribution in [2.24, 2.45) is 0 Å². The van der Waals surface area contributed by atoms with Crippen LogP contribution in [0.2, 0.25) is 10.0 Å². The van der Waals surface area contributed by atoms with Crippen molar-refractivity contribution in [1.29, 1.82) is 0 Å². The summed E-state index contributed by atoms with van der Waals surface area (Å²) in [6, 6.07) is 3.65. The predicted octanol–water partition coefficient (Wildman–Crippen LogP) is 3.98. The second-order valence-corrected chi connectivity index (χ2v) is 4.87. The Labute approximate surface area is 110 Å². The Hall–Kier alpha value is -0.410. The summed E-state index contributed by atoms with van der Waals surface area (Å²) in [4.78, 5) is 0. The van der Waals surface area contributed by atoms with Crippen molar-refractivity contribution in [3.8, 4) is 0 Å². The second kappa shape index (κ2) is 5.78. The van der Waals surface area contributed by atoms with Gasteiger partial charge in [0.25, 0.3) is 0 Å². The fourth-order valence-corrected chi connectivity index (χ4v) is 1.82. The molecule has 0 aliphatic carbocycles. The number of rotatable bonds is 4. The van der Waals surface area contributed by atoms with Crippen LogP contribution >= 0.6 is 34.8 Å². The number of nitrogens with one attached hydrogen (secondary N) is 1. The molecule has 16 heavy (non-hydrogen) atoms. The van der Waals surface area contributed by atoms with Crippen molar-refractivity contribution in [2.75, 3.05) is 12.3 Å². The van der Waals surface area contributed by atoms with E-state index in [2.05, 4.69) is 11.9 Å². The first-order valence-electron chi connectivity index (χ1n) is 4.73. The van der Waals surface area contributed by atoms with Crippen molar-refractivity contribution >= 4 is 40.5 Å². The van der Waals surface area contributed by atoms with Crippen LogP contribution in [0.15, 0.2) is 23.7 Å². The average Bonchev–Trinajstić information content (AvgIpc) is 2.21. The molecule has 0 fully saturated rings. The molecule has 0 bridgehead atoms. The molecule has 1 aromatic carbocycles. The predicted molar refractivity (Wildman–Crippen MR) is 72.3 cm³/mol. The Kier molecular flexibility index (Phi) is 4.93. The van der Waals surface area contributed by atoms with Gasteiger partial charge in [0.05, 0.1) is 15.7 Å². The maximum atomic E-state index is 5.95. The van der Waals surface area contributed by atoms with Gasteiger partial charge < -0.3 is 11.1 Å². The number of benzene rings is 1. The van der Waals surface area contributed by atoms with Gasteiger partial charge in [-0.1, -0.05) is 41.4 Å². The third-order valence-corrected chi connectivity index (χ3v) is 2.96. The molecule has 0 heterocycles. The normalized spacial score (nSPS) is 12.5. The Morgan fingerprint density at radius 1 is 1.44 bits per heavy atom. The molecule has 0 saturated heterocycles. The lowest BCUT2D eigenvalue weighted by atomic mass is 10.1. The fourth-order valence-electron chi connectivity index (χ4n) is 1.24. The summed E-state index contributed by atoms with van der Waals surface area (Å²) in [5.41, 5.74) is 7.02. The van der Waals surface area contributed by atoms with E-state index in [1.807, 2.05) is 6.92 Å². The highest BCUT2D eigenvalue weighted by atomic mass is 35.5. The Morgan fingerprint density at radius 3 is 2.38 bits per heavy atom. The molecule has 0 radical (unpaired) electrons. The van der Waals surface area contributed by atoms with E-state index in [0.29, 0.717) is 27.3 Å². The maximum Gasteiger partial charge on any atom is 0.0693 e. The lowest BCUT2D eigenvalue weighted by Gasteiger charge is -2.15. The highest BCUT2D eigenvalue weighted by Gasteiger charge is 2.10. The molecule has 1 rings (SSSR count). The number of anilines is 1. The van der Waals surface area contributed by atoms with Crippen LogP contribution < -0.4 is 11.1 Å². The van der Waals surface area contributed by atoms with Gasteiger partial charge >= 0.3 is 0 Å². The van der Waals surface area contributed by atoms with Crippen LogP contribution in [0.4, 0.5) is 5.69 Å². The largest absolute Gasteiger partial charge is 0.396 e. The molecule has 0 aliphatic heterocycles. The molecule has 88 valence electrons. The van der Waals surface area contributed by atoms with Crippen molar-refractivity contribution in [2.45, 2.75) is 13.0 Å². The monoisotopic (exact) mass is 278 g/mol. The molecule has 2 nitrogen and oxygen atoms in total. The smallest absolute Gasteiger partial charge is 0.0693 e. The van der Waals surface area contributed by atoms with E-state index in [9.17, 15) is 0 Å². The zero-order valence-corrected chi connectivity index (χ0v) is 11.1. The van der Waals surface area contributed by atoms with Crippen molar-refractivity contribution in [3.63, 3.8) is 0 Å². The molecule has 1 aromatic rings. The molecule has 0 spiro atoms. The SMILES string of the molecule is C=C(Cl)CNC(C)c1cc(Cl)c(N)c(Cl)c1. The van der Waals surface area contributed by atoms with Crippen LogP contribution in [0.3, 0.4) is 0 Å². The molecule has 0 aromatic heterocycles. The van der Waals surface area contributed by atoms with E-state index in [-0.39, 0.29) is 6.04 Å². The van der Waals surface area contributed by atoms with Crippen LogP contribution in [0.1, 0.15) is 18.5 Å². The summed E-state index contributed by atoms with van der Waals surface area (Å²) in [6.45, 7) is 6.12. The quantitative estimate of drug-likeness (QED) is 0.818. The van der Waals surface area contributed by atoms with Gasteiger partial charge in [0.15, 0.2) is 0 Å². The first-order chi connectivity index (χ1) is 7.41. The fraction of sp³-hybridized carbons (Fsp3) is 0.273. The topological polar surface area (TPSA) is 38.0 Å². The van der Waals surface area contributed by atoms with Gasteiger partial charge in [-0.05, 0) is 24.6 Å². The second-order valence-electron chi connectivity index (χ2n) is 3.52. The molecule has 0 aliphatic rings. The Morgan fingerprint density at radius 2 is 1.94 bits per heavy atom. The summed E-state index contributed by atoms with van der Waals surface area (Å²) in [5, 5.41) is 4.66. The first-order valence-corrected chi connectivity index (χ1v) is 5.86. The number of hydrogen-bond donors (Lipinski definition) is 2. The van der Waals surface area contributed by atoms with E-state index in [1.165, 1.54) is 0 Å². The molecule has 1 atom stereocenters. The Balaban J connectivity index is 2.84. The summed E-state index contributed by atoms with van der Waals surface area (Å²) in [7, 11) is 0. The minimum Gasteiger partial charge on any atom is -0.396 e. The van der Waals surface area contributed by atoms with Crippen molar-refractivity contribution < 1.29 is 0 Å². The van der Waals surface area contributed by atoms with Gasteiger partial charge in [0.1, 0.15) is 0 Å². The lowest BCUT2D eigenvalue weighted by molar-refractivity contribution is 0.615. The van der Waals surface area contributed by atoms with Gasteiger partial charge in [0, 0.05) is 17.6 Å². The molecule has 0 amide bonds. The minimum atomic E-state index is 0.0751. The van der Waals surface area contributed by atoms with Crippen LogP contribution in [0.25, 0.3) is 0 Å². The van der Waals surface area contributed by atoms with Crippen LogP contribution in [-0.2, 0) is 0 Å². The Bertz CT molecular complexity index is 381. The first kappa shape index (κ1) is 13.7. The van der Waals surface area contributed by atoms with E-state index in [4.69, 9.17) is 40.5 Å². The van der Waals surface area contributed by atoms with Gasteiger partial charge in [-0.15, -0.1) is 0 Å². The molecular formula is C11H13Cl3N2. The van der Waals surface area contributed by atoms with Crippen LogP contribution in [0.5, 0.6) is 0 Å². The summed E-state index contributed by atoms with van der Waals surface area (Å²) in [6.07, 6.45) is 0. The van der Waals surface area contributed by atoms with E-state index >= 15 is 0 Å². The number of halogens is 3. The van der Waals surface area contributed by atoms with Crippen LogP contribution in [0, 0.1) is 0 Å². The third kappa shape index (κ3) is 3.56. The van der Waals surface area contributed by atoms with Gasteiger partial charge in [-0.2, -0.15) is 0 Å². The summed E-state index contributed by atoms with van der Waals surface area (Å²) in [5.74, 6) is 0. The van der Waals surface area contributed by atoms with Crippen molar-refractivity contribution in [1.82, 2.24) is 5.32 Å². The van der Waals surface area contributed by atoms with Crippen molar-refractivity contribution in [3.05, 3.63) is 39.4 Å². The minimum absolute atomic E-state index is 0.0751. The molecule has 1 unspecified atom stereocenters. The number of nitrogen functional groups attached to an aromatic ring is 1. The van der Waals surface area contributed by atoms with E-state index in [1.54, 1.807) is 12.1 Å².